The summed E-state index contributed by atoms with van der Waals surface area (Å²) in [6.45, 7) is 2.27. The van der Waals surface area contributed by atoms with Gasteiger partial charge in [-0.05, 0) is 24.3 Å². The minimum Gasteiger partial charge on any atom is -0.378 e. The van der Waals surface area contributed by atoms with Crippen LogP contribution in [0.3, 0.4) is 0 Å². The number of nitro benzene ring substituents is 1. The molecule has 0 unspecified atom stereocenters. The van der Waals surface area contributed by atoms with Crippen molar-refractivity contribution in [2.45, 2.75) is 0 Å². The Bertz CT molecular complexity index is 806. The van der Waals surface area contributed by atoms with E-state index in [2.05, 4.69) is 5.32 Å². The van der Waals surface area contributed by atoms with Gasteiger partial charge in [-0.1, -0.05) is 12.1 Å². The van der Waals surface area contributed by atoms with Gasteiger partial charge < -0.3 is 15.0 Å². The van der Waals surface area contributed by atoms with Gasteiger partial charge in [-0.15, -0.1) is 0 Å². The molecule has 2 aromatic carbocycles. The van der Waals surface area contributed by atoms with Gasteiger partial charge >= 0.3 is 0 Å². The molecule has 8 heteroatoms. The van der Waals surface area contributed by atoms with Gasteiger partial charge in [0.2, 0.25) is 0 Å². The highest BCUT2D eigenvalue weighted by molar-refractivity contribution is 6.07. The van der Waals surface area contributed by atoms with Gasteiger partial charge in [0, 0.05) is 24.8 Å². The first kappa shape index (κ1) is 16.8. The summed E-state index contributed by atoms with van der Waals surface area (Å²) in [5.41, 5.74) is 0.292. The highest BCUT2D eigenvalue weighted by atomic mass is 19.1. The van der Waals surface area contributed by atoms with Crippen LogP contribution in [0.2, 0.25) is 0 Å². The molecule has 0 aliphatic carbocycles. The fourth-order valence-corrected chi connectivity index (χ4v) is 2.67. The molecule has 3 rings (SSSR count). The smallest absolute Gasteiger partial charge is 0.282 e. The van der Waals surface area contributed by atoms with Crippen molar-refractivity contribution < 1.29 is 18.8 Å². The van der Waals surface area contributed by atoms with Crippen LogP contribution in [-0.4, -0.2) is 37.1 Å². The van der Waals surface area contributed by atoms with E-state index in [1.807, 2.05) is 4.90 Å². The molecule has 0 saturated carbocycles. The molecule has 0 radical (unpaired) electrons. The molecule has 0 spiro atoms. The lowest BCUT2D eigenvalue weighted by atomic mass is 10.1. The molecule has 0 bridgehead atoms. The zero-order chi connectivity index (χ0) is 17.8. The fourth-order valence-electron chi connectivity index (χ4n) is 2.67. The lowest BCUT2D eigenvalue weighted by Gasteiger charge is -2.29. The average molecular weight is 345 g/mol. The SMILES string of the molecule is O=C(Nc1ccc(N2CCOCC2)c(F)c1)c1ccccc1[N+](=O)[O-]. The second kappa shape index (κ2) is 7.27. The normalized spacial score (nSPS) is 14.2. The predicted octanol–water partition coefficient (Wildman–Crippen LogP) is 2.82. The van der Waals surface area contributed by atoms with Crippen molar-refractivity contribution in [1.29, 1.82) is 0 Å². The summed E-state index contributed by atoms with van der Waals surface area (Å²) in [4.78, 5) is 24.5. The molecule has 1 saturated heterocycles. The molecule has 0 aromatic heterocycles. The van der Waals surface area contributed by atoms with E-state index in [0.717, 1.165) is 0 Å². The summed E-state index contributed by atoms with van der Waals surface area (Å²) in [6.07, 6.45) is 0. The van der Waals surface area contributed by atoms with Gasteiger partial charge in [-0.3, -0.25) is 14.9 Å². The molecule has 2 aromatic rings. The number of rotatable bonds is 4. The molecule has 130 valence electrons. The third-order valence-electron chi connectivity index (χ3n) is 3.90. The third-order valence-corrected chi connectivity index (χ3v) is 3.90. The Hall–Kier alpha value is -3.00. The fraction of sp³-hybridized carbons (Fsp3) is 0.235. The summed E-state index contributed by atoms with van der Waals surface area (Å²) < 4.78 is 19.6. The number of carbonyl (C=O) groups is 1. The van der Waals surface area contributed by atoms with Crippen molar-refractivity contribution in [3.63, 3.8) is 0 Å². The number of morpholine rings is 1. The Kier molecular flexibility index (Phi) is 4.90. The molecule has 1 amide bonds. The molecule has 1 aliphatic rings. The minimum atomic E-state index is -0.661. The largest absolute Gasteiger partial charge is 0.378 e. The Balaban J connectivity index is 1.78. The van der Waals surface area contributed by atoms with E-state index >= 15 is 0 Å². The lowest BCUT2D eigenvalue weighted by Crippen LogP contribution is -2.36. The highest BCUT2D eigenvalue weighted by Gasteiger charge is 2.20. The van der Waals surface area contributed by atoms with Gasteiger partial charge in [0.25, 0.3) is 11.6 Å². The molecule has 1 N–H and O–H groups in total. The number of para-hydroxylation sites is 1. The summed E-state index contributed by atoms with van der Waals surface area (Å²) in [5.74, 6) is -1.13. The number of nitrogens with one attached hydrogen (secondary N) is 1. The van der Waals surface area contributed by atoms with Gasteiger partial charge in [-0.2, -0.15) is 0 Å². The number of benzene rings is 2. The first-order chi connectivity index (χ1) is 12.1. The Morgan fingerprint density at radius 1 is 1.20 bits per heavy atom. The standard InChI is InChI=1S/C17H16FN3O4/c18-14-11-12(5-6-16(14)20-7-9-25-10-8-20)19-17(22)13-3-1-2-4-15(13)21(23)24/h1-6,11H,7-10H2,(H,19,22). The maximum atomic E-state index is 14.4. The number of nitrogens with zero attached hydrogens (tertiary/aromatic N) is 2. The second-order valence-electron chi connectivity index (χ2n) is 5.49. The number of anilines is 2. The van der Waals surface area contributed by atoms with Crippen LogP contribution in [0.1, 0.15) is 10.4 Å². The van der Waals surface area contributed by atoms with E-state index in [0.29, 0.717) is 32.0 Å². The average Bonchev–Trinajstić information content (AvgIpc) is 2.62. The quantitative estimate of drug-likeness (QED) is 0.680. The van der Waals surface area contributed by atoms with E-state index in [1.54, 1.807) is 12.1 Å². The van der Waals surface area contributed by atoms with Gasteiger partial charge in [0.1, 0.15) is 11.4 Å². The number of halogens is 1. The Morgan fingerprint density at radius 2 is 1.92 bits per heavy atom. The van der Waals surface area contributed by atoms with Crippen molar-refractivity contribution in [1.82, 2.24) is 0 Å². The first-order valence-corrected chi connectivity index (χ1v) is 7.73. The topological polar surface area (TPSA) is 84.7 Å². The molecular formula is C17H16FN3O4. The van der Waals surface area contributed by atoms with Crippen LogP contribution < -0.4 is 10.2 Å². The predicted molar refractivity (Wildman–Crippen MR) is 90.5 cm³/mol. The summed E-state index contributed by atoms with van der Waals surface area (Å²) in [7, 11) is 0. The maximum absolute atomic E-state index is 14.4. The molecule has 1 aliphatic heterocycles. The van der Waals surface area contributed by atoms with E-state index in [9.17, 15) is 19.3 Å². The van der Waals surface area contributed by atoms with Crippen molar-refractivity contribution in [2.24, 2.45) is 0 Å². The van der Waals surface area contributed by atoms with Crippen LogP contribution in [0.5, 0.6) is 0 Å². The third kappa shape index (κ3) is 3.74. The van der Waals surface area contributed by atoms with Gasteiger partial charge in [-0.25, -0.2) is 4.39 Å². The van der Waals surface area contributed by atoms with Crippen molar-refractivity contribution >= 4 is 23.0 Å². The van der Waals surface area contributed by atoms with Crippen LogP contribution in [0, 0.1) is 15.9 Å². The molecule has 25 heavy (non-hydrogen) atoms. The minimum absolute atomic E-state index is 0.0786. The van der Waals surface area contributed by atoms with E-state index < -0.39 is 16.6 Å². The zero-order valence-electron chi connectivity index (χ0n) is 13.3. The number of ether oxygens (including phenoxy) is 1. The second-order valence-corrected chi connectivity index (χ2v) is 5.49. The van der Waals surface area contributed by atoms with Crippen LogP contribution >= 0.6 is 0 Å². The zero-order valence-corrected chi connectivity index (χ0v) is 13.3. The van der Waals surface area contributed by atoms with E-state index in [-0.39, 0.29) is 16.9 Å². The number of hydrogen-bond donors (Lipinski definition) is 1. The monoisotopic (exact) mass is 345 g/mol. The molecule has 1 fully saturated rings. The number of hydrogen-bond acceptors (Lipinski definition) is 5. The first-order valence-electron chi connectivity index (χ1n) is 7.73. The van der Waals surface area contributed by atoms with Gasteiger partial charge in [0.15, 0.2) is 0 Å². The summed E-state index contributed by atoms with van der Waals surface area (Å²) in [5, 5.41) is 13.5. The van der Waals surface area contributed by atoms with Crippen LogP contribution in [0.25, 0.3) is 0 Å². The van der Waals surface area contributed by atoms with Crippen molar-refractivity contribution in [3.05, 3.63) is 64.0 Å². The van der Waals surface area contributed by atoms with Crippen molar-refractivity contribution in [3.8, 4) is 0 Å². The molecule has 0 atom stereocenters. The van der Waals surface area contributed by atoms with Crippen LogP contribution in [0.4, 0.5) is 21.5 Å². The number of carbonyl (C=O) groups excluding carboxylic acids is 1. The van der Waals surface area contributed by atoms with Crippen LogP contribution in [0.15, 0.2) is 42.5 Å². The van der Waals surface area contributed by atoms with Crippen molar-refractivity contribution in [2.75, 3.05) is 36.5 Å². The van der Waals surface area contributed by atoms with Gasteiger partial charge in [0.05, 0.1) is 23.8 Å². The number of nitro groups is 1. The van der Waals surface area contributed by atoms with E-state index in [4.69, 9.17) is 4.74 Å². The molecule has 7 nitrogen and oxygen atoms in total. The lowest BCUT2D eigenvalue weighted by molar-refractivity contribution is -0.385. The van der Waals surface area contributed by atoms with Crippen LogP contribution in [-0.2, 0) is 4.74 Å². The Morgan fingerprint density at radius 3 is 2.60 bits per heavy atom. The maximum Gasteiger partial charge on any atom is 0.282 e. The number of amides is 1. The summed E-state index contributed by atoms with van der Waals surface area (Å²) >= 11 is 0. The summed E-state index contributed by atoms with van der Waals surface area (Å²) in [6, 6.07) is 9.96. The highest BCUT2D eigenvalue weighted by Crippen LogP contribution is 2.25. The molecule has 1 heterocycles. The Labute approximate surface area is 143 Å². The van der Waals surface area contributed by atoms with E-state index in [1.165, 1.54) is 30.3 Å². The molecular weight excluding hydrogens is 329 g/mol.